The van der Waals surface area contributed by atoms with Crippen LogP contribution in [-0.4, -0.2) is 51.2 Å². The van der Waals surface area contributed by atoms with Crippen molar-refractivity contribution in [2.75, 3.05) is 25.0 Å². The molecule has 3 heterocycles. The fraction of sp³-hybridized carbons (Fsp3) is 0.529. The van der Waals surface area contributed by atoms with E-state index in [4.69, 9.17) is 0 Å². The molecule has 2 fully saturated rings. The fourth-order valence-corrected chi connectivity index (χ4v) is 2.98. The van der Waals surface area contributed by atoms with Crippen LogP contribution in [0.1, 0.15) is 35.8 Å². The molecule has 2 aromatic heterocycles. The minimum atomic E-state index is 0.529. The summed E-state index contributed by atoms with van der Waals surface area (Å²) in [6.07, 6.45) is 6.05. The van der Waals surface area contributed by atoms with Crippen molar-refractivity contribution in [3.05, 3.63) is 41.6 Å². The van der Waals surface area contributed by atoms with Gasteiger partial charge in [-0.05, 0) is 38.9 Å². The maximum Gasteiger partial charge on any atom is 0.151 e. The molecule has 1 saturated heterocycles. The van der Waals surface area contributed by atoms with Gasteiger partial charge in [0.15, 0.2) is 5.82 Å². The summed E-state index contributed by atoms with van der Waals surface area (Å²) in [5.41, 5.74) is 3.22. The number of hydrogen-bond acceptors (Lipinski definition) is 6. The highest BCUT2D eigenvalue weighted by molar-refractivity contribution is 5.42. The summed E-state index contributed by atoms with van der Waals surface area (Å²) in [5, 5.41) is 8.76. The second-order valence-electron chi connectivity index (χ2n) is 6.65. The summed E-state index contributed by atoms with van der Waals surface area (Å²) < 4.78 is 0. The lowest BCUT2D eigenvalue weighted by molar-refractivity contribution is 0.194. The molecular weight excluding hydrogens is 288 g/mol. The van der Waals surface area contributed by atoms with Crippen LogP contribution in [0.25, 0.3) is 0 Å². The minimum Gasteiger partial charge on any atom is -0.352 e. The van der Waals surface area contributed by atoms with Crippen LogP contribution in [0.15, 0.2) is 24.5 Å². The van der Waals surface area contributed by atoms with E-state index in [-0.39, 0.29) is 0 Å². The molecule has 120 valence electrons. The average Bonchev–Trinajstić information content (AvgIpc) is 3.34. The molecule has 0 unspecified atom stereocenters. The Hall–Kier alpha value is -2.08. The molecular formula is C17H22N6. The third kappa shape index (κ3) is 3.03. The minimum absolute atomic E-state index is 0.529. The molecule has 0 bridgehead atoms. The molecule has 2 aromatic rings. The normalized spacial score (nSPS) is 18.3. The van der Waals surface area contributed by atoms with E-state index < -0.39 is 0 Å². The highest BCUT2D eigenvalue weighted by Gasteiger charge is 2.32. The second-order valence-corrected chi connectivity index (χ2v) is 6.65. The first-order valence-corrected chi connectivity index (χ1v) is 8.26. The fourth-order valence-electron chi connectivity index (χ4n) is 2.98. The van der Waals surface area contributed by atoms with E-state index >= 15 is 0 Å². The van der Waals surface area contributed by atoms with Crippen molar-refractivity contribution in [3.8, 4) is 0 Å². The molecule has 0 aromatic carbocycles. The molecule has 4 rings (SSSR count). The van der Waals surface area contributed by atoms with Crippen LogP contribution in [0.3, 0.4) is 0 Å². The molecule has 6 heteroatoms. The largest absolute Gasteiger partial charge is 0.352 e. The van der Waals surface area contributed by atoms with Crippen LogP contribution in [0.2, 0.25) is 0 Å². The van der Waals surface area contributed by atoms with Gasteiger partial charge < -0.3 is 4.90 Å². The second kappa shape index (κ2) is 5.85. The number of rotatable bonds is 5. The summed E-state index contributed by atoms with van der Waals surface area (Å²) in [6, 6.07) is 4.78. The lowest BCUT2D eigenvalue weighted by Gasteiger charge is -2.44. The van der Waals surface area contributed by atoms with Gasteiger partial charge in [-0.2, -0.15) is 5.10 Å². The van der Waals surface area contributed by atoms with Crippen LogP contribution in [0, 0.1) is 6.92 Å². The van der Waals surface area contributed by atoms with Crippen LogP contribution >= 0.6 is 0 Å². The van der Waals surface area contributed by atoms with E-state index in [1.54, 1.807) is 12.4 Å². The van der Waals surface area contributed by atoms with Gasteiger partial charge in [0, 0.05) is 44.0 Å². The van der Waals surface area contributed by atoms with Gasteiger partial charge in [-0.25, -0.2) is 0 Å². The quantitative estimate of drug-likeness (QED) is 0.839. The van der Waals surface area contributed by atoms with Crippen molar-refractivity contribution in [1.82, 2.24) is 25.1 Å². The number of aryl methyl sites for hydroxylation is 1. The van der Waals surface area contributed by atoms with E-state index in [1.165, 1.54) is 12.8 Å². The number of aromatic nitrogens is 4. The topological polar surface area (TPSA) is 58.0 Å². The van der Waals surface area contributed by atoms with E-state index in [0.717, 1.165) is 42.5 Å². The van der Waals surface area contributed by atoms with E-state index in [2.05, 4.69) is 49.1 Å². The van der Waals surface area contributed by atoms with Gasteiger partial charge in [-0.3, -0.25) is 14.9 Å². The Morgan fingerprint density at radius 3 is 2.57 bits per heavy atom. The van der Waals surface area contributed by atoms with Crippen LogP contribution < -0.4 is 4.90 Å². The van der Waals surface area contributed by atoms with Crippen molar-refractivity contribution in [2.24, 2.45) is 0 Å². The number of likely N-dealkylation sites (N-methyl/N-ethyl adjacent to an activating group) is 1. The van der Waals surface area contributed by atoms with Gasteiger partial charge in [0.05, 0.1) is 17.1 Å². The SMILES string of the molecule is Cc1nccnc1CN(C)C1CN(c2ccc(C3CC3)nn2)C1. The van der Waals surface area contributed by atoms with Gasteiger partial charge in [0.25, 0.3) is 0 Å². The monoisotopic (exact) mass is 310 g/mol. The number of hydrogen-bond donors (Lipinski definition) is 0. The zero-order chi connectivity index (χ0) is 15.8. The Morgan fingerprint density at radius 2 is 1.91 bits per heavy atom. The highest BCUT2D eigenvalue weighted by atomic mass is 15.4. The molecule has 23 heavy (non-hydrogen) atoms. The first kappa shape index (κ1) is 14.5. The Balaban J connectivity index is 1.32. The molecule has 0 N–H and O–H groups in total. The number of nitrogens with zero attached hydrogens (tertiary/aromatic N) is 6. The average molecular weight is 310 g/mol. The van der Waals surface area contributed by atoms with Crippen LogP contribution in [-0.2, 0) is 6.54 Å². The van der Waals surface area contributed by atoms with Crippen molar-refractivity contribution in [3.63, 3.8) is 0 Å². The van der Waals surface area contributed by atoms with Gasteiger partial charge in [0.2, 0.25) is 0 Å². The zero-order valence-electron chi connectivity index (χ0n) is 13.7. The summed E-state index contributed by atoms with van der Waals surface area (Å²) in [5.74, 6) is 1.66. The number of anilines is 1. The van der Waals surface area contributed by atoms with E-state index in [1.807, 2.05) is 6.92 Å². The van der Waals surface area contributed by atoms with Crippen molar-refractivity contribution < 1.29 is 0 Å². The molecule has 6 nitrogen and oxygen atoms in total. The zero-order valence-corrected chi connectivity index (χ0v) is 13.7. The van der Waals surface area contributed by atoms with Gasteiger partial charge >= 0.3 is 0 Å². The van der Waals surface area contributed by atoms with Gasteiger partial charge in [-0.15, -0.1) is 5.10 Å². The molecule has 2 aliphatic rings. The predicted molar refractivity (Wildman–Crippen MR) is 88.2 cm³/mol. The third-order valence-corrected chi connectivity index (χ3v) is 4.86. The Kier molecular flexibility index (Phi) is 3.69. The molecule has 1 aliphatic carbocycles. The summed E-state index contributed by atoms with van der Waals surface area (Å²) in [7, 11) is 2.15. The van der Waals surface area contributed by atoms with Crippen LogP contribution in [0.4, 0.5) is 5.82 Å². The van der Waals surface area contributed by atoms with Gasteiger partial charge in [-0.1, -0.05) is 0 Å². The first-order chi connectivity index (χ1) is 11.2. The van der Waals surface area contributed by atoms with E-state index in [0.29, 0.717) is 12.0 Å². The molecule has 1 saturated carbocycles. The molecule has 0 spiro atoms. The summed E-state index contributed by atoms with van der Waals surface area (Å²) in [4.78, 5) is 13.4. The smallest absolute Gasteiger partial charge is 0.151 e. The maximum atomic E-state index is 4.43. The van der Waals surface area contributed by atoms with E-state index in [9.17, 15) is 0 Å². The van der Waals surface area contributed by atoms with Crippen molar-refractivity contribution >= 4 is 5.82 Å². The predicted octanol–water partition coefficient (Wildman–Crippen LogP) is 1.77. The maximum absolute atomic E-state index is 4.43. The highest BCUT2D eigenvalue weighted by Crippen LogP contribution is 2.38. The molecule has 0 radical (unpaired) electrons. The third-order valence-electron chi connectivity index (χ3n) is 4.86. The standard InChI is InChI=1S/C17H22N6/c1-12-16(19-8-7-18-12)11-22(2)14-9-23(10-14)17-6-5-15(20-21-17)13-3-4-13/h5-8,13-14H,3-4,9-11H2,1-2H3. The Labute approximate surface area is 136 Å². The molecule has 0 amide bonds. The lowest BCUT2D eigenvalue weighted by Crippen LogP contribution is -2.58. The molecule has 1 aliphatic heterocycles. The van der Waals surface area contributed by atoms with Crippen molar-refractivity contribution in [1.29, 1.82) is 0 Å². The lowest BCUT2D eigenvalue weighted by atomic mass is 10.1. The van der Waals surface area contributed by atoms with Crippen molar-refractivity contribution in [2.45, 2.75) is 38.3 Å². The molecule has 0 atom stereocenters. The summed E-state index contributed by atoms with van der Waals surface area (Å²) >= 11 is 0. The Morgan fingerprint density at radius 1 is 1.13 bits per heavy atom. The first-order valence-electron chi connectivity index (χ1n) is 8.26. The van der Waals surface area contributed by atoms with Crippen LogP contribution in [0.5, 0.6) is 0 Å². The Bertz CT molecular complexity index is 676. The summed E-state index contributed by atoms with van der Waals surface area (Å²) in [6.45, 7) is 4.84. The van der Waals surface area contributed by atoms with Gasteiger partial charge in [0.1, 0.15) is 0 Å².